The number of H-pyrrole nitrogens is 1. The normalized spacial score (nSPS) is 22.2. The molecule has 7 nitrogen and oxygen atoms in total. The lowest BCUT2D eigenvalue weighted by atomic mass is 9.63. The van der Waals surface area contributed by atoms with Crippen LogP contribution in [0, 0.1) is 11.2 Å². The molecule has 0 spiro atoms. The van der Waals surface area contributed by atoms with Crippen LogP contribution in [0.5, 0.6) is 0 Å². The molecule has 0 radical (unpaired) electrons. The zero-order chi connectivity index (χ0) is 23.8. The van der Waals surface area contributed by atoms with E-state index in [1.807, 2.05) is 6.92 Å². The molecule has 1 saturated carbocycles. The Morgan fingerprint density at radius 1 is 1.12 bits per heavy atom. The van der Waals surface area contributed by atoms with Crippen LogP contribution in [0.4, 0.5) is 4.39 Å². The average Bonchev–Trinajstić information content (AvgIpc) is 2.79. The van der Waals surface area contributed by atoms with Gasteiger partial charge in [-0.25, -0.2) is 17.5 Å². The van der Waals surface area contributed by atoms with E-state index in [1.54, 1.807) is 24.3 Å². The van der Waals surface area contributed by atoms with Gasteiger partial charge in [0.2, 0.25) is 21.5 Å². The zero-order valence-electron chi connectivity index (χ0n) is 18.2. The second kappa shape index (κ2) is 8.72. The van der Waals surface area contributed by atoms with E-state index in [-0.39, 0.29) is 28.2 Å². The summed E-state index contributed by atoms with van der Waals surface area (Å²) in [6.45, 7) is 1.90. The van der Waals surface area contributed by atoms with Crippen molar-refractivity contribution in [3.05, 3.63) is 76.3 Å². The van der Waals surface area contributed by atoms with Crippen LogP contribution in [0.15, 0.2) is 64.3 Å². The lowest BCUT2D eigenvalue weighted by Gasteiger charge is -2.42. The number of hydrogen-bond donors (Lipinski definition) is 3. The molecule has 1 amide bonds. The third kappa shape index (κ3) is 4.56. The zero-order valence-corrected chi connectivity index (χ0v) is 19.0. The molecule has 4 rings (SSSR count). The van der Waals surface area contributed by atoms with Crippen LogP contribution < -0.4 is 16.0 Å². The maximum absolute atomic E-state index is 13.3. The molecule has 174 valence electrons. The van der Waals surface area contributed by atoms with Crippen molar-refractivity contribution in [3.8, 4) is 0 Å². The van der Waals surface area contributed by atoms with Gasteiger partial charge in [0.1, 0.15) is 5.82 Å². The second-order valence-corrected chi connectivity index (χ2v) is 10.5. The second-order valence-electron chi connectivity index (χ2n) is 8.76. The third-order valence-corrected chi connectivity index (χ3v) is 8.41. The van der Waals surface area contributed by atoms with Crippen LogP contribution in [0.25, 0.3) is 10.9 Å². The van der Waals surface area contributed by atoms with Crippen LogP contribution in [0.1, 0.15) is 44.1 Å². The van der Waals surface area contributed by atoms with E-state index in [1.165, 1.54) is 30.3 Å². The fourth-order valence-corrected chi connectivity index (χ4v) is 6.14. The summed E-state index contributed by atoms with van der Waals surface area (Å²) in [5.74, 6) is -1.00. The molecule has 1 heterocycles. The number of amides is 1. The molecule has 0 saturated heterocycles. The molecular weight excluding hydrogens is 445 g/mol. The Morgan fingerprint density at radius 2 is 1.79 bits per heavy atom. The Bertz CT molecular complexity index is 1340. The van der Waals surface area contributed by atoms with Crippen LogP contribution in [-0.4, -0.2) is 25.4 Å². The first-order valence-electron chi connectivity index (χ1n) is 10.8. The van der Waals surface area contributed by atoms with E-state index in [2.05, 4.69) is 9.71 Å². The van der Waals surface area contributed by atoms with Crippen molar-refractivity contribution in [1.29, 1.82) is 0 Å². The largest absolute Gasteiger partial charge is 0.369 e. The molecule has 1 atom stereocenters. The first kappa shape index (κ1) is 23.1. The summed E-state index contributed by atoms with van der Waals surface area (Å²) in [6, 6.07) is 13.2. The Hall–Kier alpha value is -3.04. The predicted octanol–water partition coefficient (Wildman–Crippen LogP) is 3.16. The molecule has 3 aromatic rings. The van der Waals surface area contributed by atoms with Gasteiger partial charge in [-0.1, -0.05) is 19.1 Å². The molecule has 1 aliphatic carbocycles. The highest BCUT2D eigenvalue weighted by Gasteiger charge is 2.45. The molecule has 0 aliphatic heterocycles. The van der Waals surface area contributed by atoms with E-state index in [4.69, 9.17) is 5.73 Å². The minimum Gasteiger partial charge on any atom is -0.369 e. The van der Waals surface area contributed by atoms with Crippen LogP contribution >= 0.6 is 0 Å². The van der Waals surface area contributed by atoms with E-state index in [0.717, 1.165) is 5.56 Å². The van der Waals surface area contributed by atoms with E-state index >= 15 is 0 Å². The highest BCUT2D eigenvalue weighted by atomic mass is 32.2. The van der Waals surface area contributed by atoms with Crippen LogP contribution in [0.2, 0.25) is 0 Å². The number of fused-ring (bicyclic) bond motifs is 1. The molecular formula is C24H26FN3O4S. The molecule has 33 heavy (non-hydrogen) atoms. The van der Waals surface area contributed by atoms with E-state index in [0.29, 0.717) is 36.6 Å². The Balaban J connectivity index is 1.50. The highest BCUT2D eigenvalue weighted by Crippen LogP contribution is 2.47. The van der Waals surface area contributed by atoms with Gasteiger partial charge in [0, 0.05) is 17.6 Å². The van der Waals surface area contributed by atoms with Crippen molar-refractivity contribution in [2.75, 3.05) is 0 Å². The summed E-state index contributed by atoms with van der Waals surface area (Å²) in [7, 11) is -3.80. The van der Waals surface area contributed by atoms with Gasteiger partial charge >= 0.3 is 0 Å². The summed E-state index contributed by atoms with van der Waals surface area (Å²) >= 11 is 0. The quantitative estimate of drug-likeness (QED) is 0.511. The summed E-state index contributed by atoms with van der Waals surface area (Å²) < 4.78 is 42.0. The topological polar surface area (TPSA) is 122 Å². The maximum Gasteiger partial charge on any atom is 0.248 e. The number of aromatic nitrogens is 1. The van der Waals surface area contributed by atoms with Gasteiger partial charge in [-0.2, -0.15) is 0 Å². The van der Waals surface area contributed by atoms with Crippen molar-refractivity contribution in [2.24, 2.45) is 11.1 Å². The van der Waals surface area contributed by atoms with Crippen molar-refractivity contribution in [2.45, 2.75) is 49.5 Å². The van der Waals surface area contributed by atoms with Crippen molar-refractivity contribution >= 4 is 26.8 Å². The Labute approximate surface area is 191 Å². The average molecular weight is 472 g/mol. The van der Waals surface area contributed by atoms with Crippen LogP contribution in [0.3, 0.4) is 0 Å². The van der Waals surface area contributed by atoms with E-state index in [9.17, 15) is 22.4 Å². The summed E-state index contributed by atoms with van der Waals surface area (Å²) in [5, 5.41) is 0.613. The number of carbonyl (C=O) groups is 1. The molecule has 0 bridgehead atoms. The first-order valence-corrected chi connectivity index (χ1v) is 12.3. The number of benzene rings is 2. The van der Waals surface area contributed by atoms with Gasteiger partial charge in [0.15, 0.2) is 0 Å². The molecule has 1 aromatic heterocycles. The molecule has 1 aliphatic rings. The number of sulfonamides is 1. The van der Waals surface area contributed by atoms with Gasteiger partial charge in [-0.15, -0.1) is 0 Å². The summed E-state index contributed by atoms with van der Waals surface area (Å²) in [5.41, 5.74) is 6.12. The lowest BCUT2D eigenvalue weighted by molar-refractivity contribution is -0.131. The smallest absolute Gasteiger partial charge is 0.248 e. The highest BCUT2D eigenvalue weighted by molar-refractivity contribution is 7.89. The standard InChI is InChI=1S/C24H26FN3O4S/c1-15(16-2-5-18(25)6-3-16)24(23(26)30)12-10-19(11-13-24)28-33(31,32)20-7-8-21-17(14-20)4-9-22(29)27-21/h2-9,14-15,19,28H,10-13H2,1H3,(H2,26,30)(H,27,29)/t15-,19?,24?/m1/s1. The molecule has 4 N–H and O–H groups in total. The maximum atomic E-state index is 13.3. The number of rotatable bonds is 6. The van der Waals surface area contributed by atoms with Gasteiger partial charge in [-0.3, -0.25) is 9.59 Å². The number of nitrogens with two attached hydrogens (primary N) is 1. The summed E-state index contributed by atoms with van der Waals surface area (Å²) in [6.07, 6.45) is 1.75. The molecule has 0 unspecified atom stereocenters. The first-order chi connectivity index (χ1) is 15.6. The Kier molecular flexibility index (Phi) is 6.11. The van der Waals surface area contributed by atoms with Crippen LogP contribution in [-0.2, 0) is 14.8 Å². The van der Waals surface area contributed by atoms with Crippen molar-refractivity contribution in [1.82, 2.24) is 9.71 Å². The minimum atomic E-state index is -3.80. The van der Waals surface area contributed by atoms with Gasteiger partial charge in [-0.05, 0) is 78.9 Å². The molecule has 9 heteroatoms. The number of halogens is 1. The SMILES string of the molecule is C[C@H](c1ccc(F)cc1)C1(C(N)=O)CCC(NS(=O)(=O)c2ccc3[nH]c(=O)ccc3c2)CC1. The van der Waals surface area contributed by atoms with E-state index < -0.39 is 21.3 Å². The third-order valence-electron chi connectivity index (χ3n) is 6.89. The fraction of sp³-hybridized carbons (Fsp3) is 0.333. The molecule has 1 fully saturated rings. The number of aromatic amines is 1. The monoisotopic (exact) mass is 471 g/mol. The number of primary amides is 1. The van der Waals surface area contributed by atoms with Crippen molar-refractivity contribution in [3.63, 3.8) is 0 Å². The summed E-state index contributed by atoms with van der Waals surface area (Å²) in [4.78, 5) is 26.7. The number of carbonyl (C=O) groups excluding carboxylic acids is 1. The number of nitrogens with one attached hydrogen (secondary N) is 2. The Morgan fingerprint density at radius 3 is 2.42 bits per heavy atom. The van der Waals surface area contributed by atoms with Gasteiger partial charge in [0.25, 0.3) is 0 Å². The fourth-order valence-electron chi connectivity index (χ4n) is 4.80. The minimum absolute atomic E-state index is 0.105. The number of pyridine rings is 1. The number of hydrogen-bond acceptors (Lipinski definition) is 4. The molecule has 2 aromatic carbocycles. The lowest BCUT2D eigenvalue weighted by Crippen LogP contribution is -2.48. The van der Waals surface area contributed by atoms with Crippen molar-refractivity contribution < 1.29 is 17.6 Å². The van der Waals surface area contributed by atoms with Gasteiger partial charge in [0.05, 0.1) is 10.3 Å². The van der Waals surface area contributed by atoms with Gasteiger partial charge < -0.3 is 10.7 Å². The predicted molar refractivity (Wildman–Crippen MR) is 124 cm³/mol.